The minimum absolute atomic E-state index is 0.0585. The molecule has 4 rings (SSSR count). The van der Waals surface area contributed by atoms with E-state index in [4.69, 9.17) is 4.74 Å². The number of nitrogens with one attached hydrogen (secondary N) is 3. The van der Waals surface area contributed by atoms with Gasteiger partial charge in [0.2, 0.25) is 0 Å². The van der Waals surface area contributed by atoms with Crippen LogP contribution in [0.2, 0.25) is 0 Å². The van der Waals surface area contributed by atoms with E-state index in [1.54, 1.807) is 0 Å². The number of hydrogen-bond acceptors (Lipinski definition) is 4. The fourth-order valence-corrected chi connectivity index (χ4v) is 4.86. The predicted molar refractivity (Wildman–Crippen MR) is 125 cm³/mol. The smallest absolute Gasteiger partial charge is 0.321 e. The van der Waals surface area contributed by atoms with Crippen LogP contribution in [-0.2, 0) is 11.3 Å². The Morgan fingerprint density at radius 2 is 1.53 bits per heavy atom. The van der Waals surface area contributed by atoms with Crippen molar-refractivity contribution >= 4 is 17.7 Å². The number of morpholine rings is 1. The molecule has 2 heterocycles. The number of benzene rings is 1. The summed E-state index contributed by atoms with van der Waals surface area (Å²) in [6.45, 7) is 5.44. The Labute approximate surface area is 191 Å². The quantitative estimate of drug-likeness (QED) is 0.653. The van der Waals surface area contributed by atoms with E-state index in [0.29, 0.717) is 19.1 Å². The van der Waals surface area contributed by atoms with E-state index in [1.807, 2.05) is 23.1 Å². The SMILES string of the molecule is O=C(NC1CCCCC1)NC1CCN(C(=O)Nc2ccccc2CN2CCOCC2)CC1. The molecule has 1 aromatic rings. The lowest BCUT2D eigenvalue weighted by atomic mass is 9.96. The Morgan fingerprint density at radius 3 is 2.25 bits per heavy atom. The number of anilines is 1. The topological polar surface area (TPSA) is 85.9 Å². The highest BCUT2D eigenvalue weighted by Crippen LogP contribution is 2.20. The van der Waals surface area contributed by atoms with Crippen molar-refractivity contribution in [1.29, 1.82) is 0 Å². The molecule has 0 spiro atoms. The molecule has 0 aromatic heterocycles. The van der Waals surface area contributed by atoms with Gasteiger partial charge in [0, 0.05) is 50.5 Å². The van der Waals surface area contributed by atoms with Crippen molar-refractivity contribution in [1.82, 2.24) is 20.4 Å². The van der Waals surface area contributed by atoms with Crippen LogP contribution in [0.25, 0.3) is 0 Å². The minimum Gasteiger partial charge on any atom is -0.379 e. The first-order valence-corrected chi connectivity index (χ1v) is 12.2. The van der Waals surface area contributed by atoms with Crippen molar-refractivity contribution in [2.24, 2.45) is 0 Å². The van der Waals surface area contributed by atoms with Gasteiger partial charge in [-0.3, -0.25) is 4.90 Å². The summed E-state index contributed by atoms with van der Waals surface area (Å²) < 4.78 is 5.43. The van der Waals surface area contributed by atoms with Crippen LogP contribution >= 0.6 is 0 Å². The average Bonchev–Trinajstić information content (AvgIpc) is 2.82. The van der Waals surface area contributed by atoms with Gasteiger partial charge in [0.1, 0.15) is 0 Å². The first kappa shape index (κ1) is 22.9. The molecule has 32 heavy (non-hydrogen) atoms. The van der Waals surface area contributed by atoms with Gasteiger partial charge >= 0.3 is 12.1 Å². The number of para-hydroxylation sites is 1. The maximum atomic E-state index is 12.9. The van der Waals surface area contributed by atoms with Crippen LogP contribution in [-0.4, -0.2) is 73.3 Å². The lowest BCUT2D eigenvalue weighted by molar-refractivity contribution is 0.0342. The number of urea groups is 2. The molecule has 3 aliphatic rings. The molecule has 1 aliphatic carbocycles. The van der Waals surface area contributed by atoms with Crippen molar-refractivity contribution in [3.63, 3.8) is 0 Å². The van der Waals surface area contributed by atoms with Gasteiger partial charge in [-0.15, -0.1) is 0 Å². The molecule has 3 fully saturated rings. The third-order valence-electron chi connectivity index (χ3n) is 6.81. The summed E-state index contributed by atoms with van der Waals surface area (Å²) in [5.74, 6) is 0. The van der Waals surface area contributed by atoms with E-state index in [9.17, 15) is 9.59 Å². The van der Waals surface area contributed by atoms with Crippen LogP contribution in [0, 0.1) is 0 Å². The number of piperidine rings is 1. The van der Waals surface area contributed by atoms with Gasteiger partial charge in [-0.2, -0.15) is 0 Å². The van der Waals surface area contributed by atoms with Crippen molar-refractivity contribution in [2.45, 2.75) is 63.6 Å². The predicted octanol–water partition coefficient (Wildman–Crippen LogP) is 3.15. The van der Waals surface area contributed by atoms with Gasteiger partial charge in [-0.1, -0.05) is 37.5 Å². The summed E-state index contributed by atoms with van der Waals surface area (Å²) in [5.41, 5.74) is 2.00. The van der Waals surface area contributed by atoms with E-state index in [2.05, 4.69) is 26.9 Å². The molecular weight excluding hydrogens is 406 g/mol. The number of amides is 4. The standard InChI is InChI=1S/C24H37N5O3/c30-23(25-20-7-2-1-3-8-20)26-21-10-12-29(13-11-21)24(31)27-22-9-5-4-6-19(22)18-28-14-16-32-17-15-28/h4-6,9,20-21H,1-3,7-8,10-18H2,(H,27,31)(H2,25,26,30). The number of likely N-dealkylation sites (tertiary alicyclic amines) is 1. The molecule has 8 nitrogen and oxygen atoms in total. The van der Waals surface area contributed by atoms with E-state index in [0.717, 1.165) is 69.8 Å². The summed E-state index contributed by atoms with van der Waals surface area (Å²) in [4.78, 5) is 29.4. The van der Waals surface area contributed by atoms with E-state index in [-0.39, 0.29) is 18.1 Å². The second kappa shape index (κ2) is 11.5. The van der Waals surface area contributed by atoms with Crippen LogP contribution in [0.1, 0.15) is 50.5 Å². The van der Waals surface area contributed by atoms with E-state index >= 15 is 0 Å². The molecule has 2 aliphatic heterocycles. The fourth-order valence-electron chi connectivity index (χ4n) is 4.86. The second-order valence-corrected chi connectivity index (χ2v) is 9.19. The fraction of sp³-hybridized carbons (Fsp3) is 0.667. The molecule has 0 atom stereocenters. The molecule has 4 amide bonds. The molecule has 0 radical (unpaired) electrons. The van der Waals surface area contributed by atoms with Crippen LogP contribution in [0.4, 0.5) is 15.3 Å². The molecule has 176 valence electrons. The number of ether oxygens (including phenoxy) is 1. The zero-order valence-corrected chi connectivity index (χ0v) is 19.0. The lowest BCUT2D eigenvalue weighted by Crippen LogP contribution is -2.51. The summed E-state index contributed by atoms with van der Waals surface area (Å²) in [5, 5.41) is 9.33. The highest BCUT2D eigenvalue weighted by Gasteiger charge is 2.25. The van der Waals surface area contributed by atoms with Gasteiger partial charge < -0.3 is 25.6 Å². The minimum atomic E-state index is -0.0652. The summed E-state index contributed by atoms with van der Waals surface area (Å²) in [7, 11) is 0. The summed E-state index contributed by atoms with van der Waals surface area (Å²) in [6.07, 6.45) is 7.40. The van der Waals surface area contributed by atoms with Gasteiger partial charge in [0.25, 0.3) is 0 Å². The molecule has 0 bridgehead atoms. The number of nitrogens with zero attached hydrogens (tertiary/aromatic N) is 2. The summed E-state index contributed by atoms with van der Waals surface area (Å²) >= 11 is 0. The zero-order valence-electron chi connectivity index (χ0n) is 19.0. The van der Waals surface area contributed by atoms with Crippen molar-refractivity contribution < 1.29 is 14.3 Å². The van der Waals surface area contributed by atoms with Crippen LogP contribution in [0.5, 0.6) is 0 Å². The maximum absolute atomic E-state index is 12.9. The Bertz CT molecular complexity index is 754. The highest BCUT2D eigenvalue weighted by molar-refractivity contribution is 5.90. The van der Waals surface area contributed by atoms with Crippen LogP contribution in [0.15, 0.2) is 24.3 Å². The number of rotatable bonds is 5. The largest absolute Gasteiger partial charge is 0.379 e. The normalized spacial score (nSPS) is 21.2. The molecule has 3 N–H and O–H groups in total. The van der Waals surface area contributed by atoms with Gasteiger partial charge in [-0.05, 0) is 37.3 Å². The Hall–Kier alpha value is -2.32. The zero-order chi connectivity index (χ0) is 22.2. The molecule has 8 heteroatoms. The molecule has 2 saturated heterocycles. The lowest BCUT2D eigenvalue weighted by Gasteiger charge is -2.33. The number of carbonyl (C=O) groups is 2. The molecular formula is C24H37N5O3. The van der Waals surface area contributed by atoms with Crippen molar-refractivity contribution in [3.8, 4) is 0 Å². The van der Waals surface area contributed by atoms with Crippen LogP contribution < -0.4 is 16.0 Å². The maximum Gasteiger partial charge on any atom is 0.321 e. The second-order valence-electron chi connectivity index (χ2n) is 9.19. The Morgan fingerprint density at radius 1 is 0.875 bits per heavy atom. The third-order valence-corrected chi connectivity index (χ3v) is 6.81. The van der Waals surface area contributed by atoms with Crippen molar-refractivity contribution in [3.05, 3.63) is 29.8 Å². The summed E-state index contributed by atoms with van der Waals surface area (Å²) in [6, 6.07) is 8.33. The Balaban J connectivity index is 1.22. The number of carbonyl (C=O) groups excluding carboxylic acids is 2. The third kappa shape index (κ3) is 6.59. The van der Waals surface area contributed by atoms with Gasteiger partial charge in [0.15, 0.2) is 0 Å². The molecule has 0 unspecified atom stereocenters. The van der Waals surface area contributed by atoms with Gasteiger partial charge in [0.05, 0.1) is 13.2 Å². The van der Waals surface area contributed by atoms with Gasteiger partial charge in [-0.25, -0.2) is 9.59 Å². The first-order valence-electron chi connectivity index (χ1n) is 12.2. The van der Waals surface area contributed by atoms with Crippen LogP contribution in [0.3, 0.4) is 0 Å². The molecule has 1 saturated carbocycles. The van der Waals surface area contributed by atoms with E-state index < -0.39 is 0 Å². The van der Waals surface area contributed by atoms with Crippen molar-refractivity contribution in [2.75, 3.05) is 44.7 Å². The Kier molecular flexibility index (Phi) is 8.23. The number of hydrogen-bond donors (Lipinski definition) is 3. The molecule has 1 aromatic carbocycles. The monoisotopic (exact) mass is 443 g/mol. The average molecular weight is 444 g/mol. The first-order chi connectivity index (χ1) is 15.7. The van der Waals surface area contributed by atoms with E-state index in [1.165, 1.54) is 19.3 Å². The highest BCUT2D eigenvalue weighted by atomic mass is 16.5.